The van der Waals surface area contributed by atoms with Crippen LogP contribution in [0.5, 0.6) is 0 Å². The summed E-state index contributed by atoms with van der Waals surface area (Å²) in [5.41, 5.74) is 0. The summed E-state index contributed by atoms with van der Waals surface area (Å²) in [7, 11) is -3.20. The number of carbonyl (C=O) groups excluding carboxylic acids is 1. The average Bonchev–Trinajstić information content (AvgIpc) is 3.49. The van der Waals surface area contributed by atoms with Crippen molar-refractivity contribution in [3.63, 3.8) is 0 Å². The number of nitrogens with one attached hydrogen (secondary N) is 1. The highest BCUT2D eigenvalue weighted by molar-refractivity contribution is 7.88. The molecule has 1 amide bonds. The Kier molecular flexibility index (Phi) is 6.82. The topological polar surface area (TPSA) is 109 Å². The molecule has 0 atom stereocenters. The van der Waals surface area contributed by atoms with Crippen LogP contribution in [0.25, 0.3) is 10.7 Å². The molecule has 0 saturated carbocycles. The molecule has 12 heteroatoms. The summed E-state index contributed by atoms with van der Waals surface area (Å²) in [6.45, 7) is 3.63. The first-order valence-electron chi connectivity index (χ1n) is 9.79. The fourth-order valence-electron chi connectivity index (χ4n) is 3.27. The van der Waals surface area contributed by atoms with E-state index in [2.05, 4.69) is 19.8 Å². The molecule has 1 aliphatic heterocycles. The van der Waals surface area contributed by atoms with Crippen LogP contribution in [0.3, 0.4) is 0 Å². The van der Waals surface area contributed by atoms with Crippen LogP contribution >= 0.6 is 22.7 Å². The van der Waals surface area contributed by atoms with Crippen molar-refractivity contribution in [2.45, 2.75) is 13.0 Å². The van der Waals surface area contributed by atoms with Crippen LogP contribution in [0.1, 0.15) is 20.4 Å². The van der Waals surface area contributed by atoms with Crippen molar-refractivity contribution in [2.75, 3.05) is 39.0 Å². The fraction of sp³-hybridized carbons (Fsp3) is 0.421. The molecule has 3 aromatic heterocycles. The van der Waals surface area contributed by atoms with E-state index in [0.717, 1.165) is 29.1 Å². The van der Waals surface area contributed by atoms with E-state index in [1.807, 2.05) is 34.5 Å². The molecule has 4 heterocycles. The van der Waals surface area contributed by atoms with Gasteiger partial charge in [-0.2, -0.15) is 4.98 Å². The minimum atomic E-state index is -3.20. The zero-order valence-corrected chi connectivity index (χ0v) is 19.4. The highest BCUT2D eigenvalue weighted by Gasteiger charge is 2.24. The molecule has 1 N–H and O–H groups in total. The van der Waals surface area contributed by atoms with Crippen LogP contribution < -0.4 is 4.72 Å². The number of aromatic nitrogens is 2. The minimum absolute atomic E-state index is 0.0183. The zero-order valence-electron chi connectivity index (χ0n) is 17.0. The van der Waals surface area contributed by atoms with Crippen molar-refractivity contribution in [1.29, 1.82) is 0 Å². The summed E-state index contributed by atoms with van der Waals surface area (Å²) < 4.78 is 30.1. The van der Waals surface area contributed by atoms with Gasteiger partial charge in [0.2, 0.25) is 21.7 Å². The number of sulfonamides is 1. The Hall–Kier alpha value is -2.12. The summed E-state index contributed by atoms with van der Waals surface area (Å²) in [6, 6.07) is 7.62. The smallest absolute Gasteiger partial charge is 0.264 e. The number of rotatable bonds is 8. The molecule has 9 nitrogen and oxygen atoms in total. The Labute approximate surface area is 188 Å². The van der Waals surface area contributed by atoms with E-state index in [1.165, 1.54) is 11.3 Å². The number of carbonyl (C=O) groups is 1. The quantitative estimate of drug-likeness (QED) is 0.523. The van der Waals surface area contributed by atoms with Crippen LogP contribution in [0.4, 0.5) is 0 Å². The molecule has 4 rings (SSSR count). The molecular weight excluding hydrogens is 458 g/mol. The Morgan fingerprint density at radius 1 is 1.23 bits per heavy atom. The summed E-state index contributed by atoms with van der Waals surface area (Å²) in [4.78, 5) is 24.0. The molecular formula is C19H23N5O4S3. The average molecular weight is 482 g/mol. The van der Waals surface area contributed by atoms with Gasteiger partial charge in [-0.05, 0) is 30.0 Å². The standard InChI is InChI=1S/C19H23N5O4S3/c1-31(26,27)20-7-6-14-4-5-16(30-14)19(25)24-10-8-23(9-11-24)13-17-21-18(22-28-17)15-3-2-12-29-15/h2-5,12,20H,6-11,13H2,1H3. The van der Waals surface area contributed by atoms with E-state index < -0.39 is 10.0 Å². The summed E-state index contributed by atoms with van der Waals surface area (Å²) in [5.74, 6) is 1.21. The second-order valence-electron chi connectivity index (χ2n) is 7.24. The van der Waals surface area contributed by atoms with Gasteiger partial charge in [-0.15, -0.1) is 22.7 Å². The van der Waals surface area contributed by atoms with E-state index >= 15 is 0 Å². The molecule has 1 saturated heterocycles. The first kappa shape index (κ1) is 22.1. The maximum Gasteiger partial charge on any atom is 0.264 e. The number of hydrogen-bond donors (Lipinski definition) is 1. The van der Waals surface area contributed by atoms with Gasteiger partial charge in [0.15, 0.2) is 0 Å². The summed E-state index contributed by atoms with van der Waals surface area (Å²) >= 11 is 2.99. The highest BCUT2D eigenvalue weighted by atomic mass is 32.2. The lowest BCUT2D eigenvalue weighted by Crippen LogP contribution is -2.48. The third kappa shape index (κ3) is 5.98. The molecule has 1 aliphatic rings. The molecule has 0 unspecified atom stereocenters. The van der Waals surface area contributed by atoms with Gasteiger partial charge in [0.05, 0.1) is 22.6 Å². The molecule has 3 aromatic rings. The van der Waals surface area contributed by atoms with Crippen LogP contribution in [0.15, 0.2) is 34.2 Å². The second kappa shape index (κ2) is 9.57. The third-order valence-corrected chi connectivity index (χ3v) is 7.56. The molecule has 0 spiro atoms. The molecule has 1 fully saturated rings. The SMILES string of the molecule is CS(=O)(=O)NCCc1ccc(C(=O)N2CCN(Cc3nc(-c4cccs4)no3)CC2)s1. The van der Waals surface area contributed by atoms with Crippen molar-refractivity contribution in [2.24, 2.45) is 0 Å². The van der Waals surface area contributed by atoms with Gasteiger partial charge in [0.1, 0.15) is 0 Å². The van der Waals surface area contributed by atoms with Gasteiger partial charge in [-0.3, -0.25) is 9.69 Å². The second-order valence-corrected chi connectivity index (χ2v) is 11.2. The lowest BCUT2D eigenvalue weighted by Gasteiger charge is -2.33. The predicted molar refractivity (Wildman–Crippen MR) is 120 cm³/mol. The van der Waals surface area contributed by atoms with Crippen LogP contribution in [-0.2, 0) is 23.0 Å². The Morgan fingerprint density at radius 2 is 2.03 bits per heavy atom. The molecule has 0 radical (unpaired) electrons. The Balaban J connectivity index is 1.25. The monoisotopic (exact) mass is 481 g/mol. The molecule has 0 aromatic carbocycles. The van der Waals surface area contributed by atoms with Gasteiger partial charge in [-0.25, -0.2) is 13.1 Å². The van der Waals surface area contributed by atoms with Gasteiger partial charge in [0.25, 0.3) is 5.91 Å². The van der Waals surface area contributed by atoms with Gasteiger partial charge in [0, 0.05) is 37.6 Å². The van der Waals surface area contributed by atoms with Crippen LogP contribution in [0, 0.1) is 0 Å². The van der Waals surface area contributed by atoms with E-state index in [0.29, 0.717) is 49.2 Å². The van der Waals surface area contributed by atoms with E-state index in [1.54, 1.807) is 11.3 Å². The highest BCUT2D eigenvalue weighted by Crippen LogP contribution is 2.22. The van der Waals surface area contributed by atoms with Crippen molar-refractivity contribution in [3.8, 4) is 10.7 Å². The summed E-state index contributed by atoms with van der Waals surface area (Å²) in [5, 5.41) is 6.02. The number of nitrogens with zero attached hydrogens (tertiary/aromatic N) is 4. The predicted octanol–water partition coefficient (Wildman–Crippen LogP) is 1.91. The van der Waals surface area contributed by atoms with E-state index in [-0.39, 0.29) is 5.91 Å². The first-order valence-corrected chi connectivity index (χ1v) is 13.4. The Morgan fingerprint density at radius 3 is 2.74 bits per heavy atom. The minimum Gasteiger partial charge on any atom is -0.338 e. The van der Waals surface area contributed by atoms with Gasteiger partial charge >= 0.3 is 0 Å². The maximum atomic E-state index is 12.8. The van der Waals surface area contributed by atoms with E-state index in [9.17, 15) is 13.2 Å². The number of hydrogen-bond acceptors (Lipinski definition) is 9. The fourth-order valence-corrected chi connectivity index (χ4v) is 5.37. The number of amides is 1. The third-order valence-electron chi connectivity index (χ3n) is 4.84. The van der Waals surface area contributed by atoms with Crippen LogP contribution in [0.2, 0.25) is 0 Å². The van der Waals surface area contributed by atoms with Crippen LogP contribution in [-0.4, -0.2) is 73.2 Å². The molecule has 0 aliphatic carbocycles. The molecule has 0 bridgehead atoms. The van der Waals surface area contributed by atoms with Crippen molar-refractivity contribution in [1.82, 2.24) is 24.7 Å². The Bertz CT molecular complexity index is 1120. The van der Waals surface area contributed by atoms with Crippen molar-refractivity contribution < 1.29 is 17.7 Å². The maximum absolute atomic E-state index is 12.8. The molecule has 31 heavy (non-hydrogen) atoms. The number of piperazine rings is 1. The van der Waals surface area contributed by atoms with E-state index in [4.69, 9.17) is 4.52 Å². The van der Waals surface area contributed by atoms with Gasteiger partial charge in [-0.1, -0.05) is 11.2 Å². The van der Waals surface area contributed by atoms with Crippen molar-refractivity contribution in [3.05, 3.63) is 45.3 Å². The normalized spacial score (nSPS) is 15.5. The lowest BCUT2D eigenvalue weighted by molar-refractivity contribution is 0.0620. The largest absolute Gasteiger partial charge is 0.338 e. The first-order chi connectivity index (χ1) is 14.9. The summed E-state index contributed by atoms with van der Waals surface area (Å²) in [6.07, 6.45) is 1.70. The molecule has 166 valence electrons. The zero-order chi connectivity index (χ0) is 21.8. The van der Waals surface area contributed by atoms with Gasteiger partial charge < -0.3 is 9.42 Å². The lowest BCUT2D eigenvalue weighted by atomic mass is 10.3. The number of thiophene rings is 2. The van der Waals surface area contributed by atoms with Crippen molar-refractivity contribution >= 4 is 38.6 Å².